The highest BCUT2D eigenvalue weighted by molar-refractivity contribution is 5.90. The number of carbonyl (C=O) groups is 3. The van der Waals surface area contributed by atoms with Crippen molar-refractivity contribution in [3.8, 4) is 0 Å². The van der Waals surface area contributed by atoms with Crippen molar-refractivity contribution in [1.82, 2.24) is 5.32 Å². The standard InChI is InChI=1S/C13H13FN2O4/c14-10-3-1-2-9(6-10)4-5-13(19)20-8-12(18)16-7-11(15)17/h1-6H,7-8H2,(H2,15,17)(H,16,18)/b5-4+. The zero-order valence-electron chi connectivity index (χ0n) is 10.5. The van der Waals surface area contributed by atoms with Gasteiger partial charge in [-0.15, -0.1) is 0 Å². The first-order chi connectivity index (χ1) is 9.47. The number of halogens is 1. The SMILES string of the molecule is NC(=O)CNC(=O)COC(=O)/C=C/c1cccc(F)c1. The molecule has 0 unspecified atom stereocenters. The summed E-state index contributed by atoms with van der Waals surface area (Å²) < 4.78 is 17.5. The first-order valence-corrected chi connectivity index (χ1v) is 5.63. The van der Waals surface area contributed by atoms with Gasteiger partial charge in [-0.3, -0.25) is 9.59 Å². The average Bonchev–Trinajstić information content (AvgIpc) is 2.40. The number of amides is 2. The third-order valence-corrected chi connectivity index (χ3v) is 2.07. The molecule has 20 heavy (non-hydrogen) atoms. The Morgan fingerprint density at radius 3 is 2.75 bits per heavy atom. The van der Waals surface area contributed by atoms with Crippen LogP contribution in [0.1, 0.15) is 5.56 Å². The number of benzene rings is 1. The van der Waals surface area contributed by atoms with Crippen LogP contribution in [0.3, 0.4) is 0 Å². The van der Waals surface area contributed by atoms with E-state index in [0.29, 0.717) is 5.56 Å². The second-order valence-corrected chi connectivity index (χ2v) is 3.74. The lowest BCUT2D eigenvalue weighted by molar-refractivity contribution is -0.143. The molecule has 0 radical (unpaired) electrons. The summed E-state index contributed by atoms with van der Waals surface area (Å²) in [5.41, 5.74) is 5.30. The Bertz CT molecular complexity index is 543. The predicted molar refractivity (Wildman–Crippen MR) is 68.6 cm³/mol. The minimum atomic E-state index is -0.761. The summed E-state index contributed by atoms with van der Waals surface area (Å²) in [6, 6.07) is 5.62. The number of ether oxygens (including phenoxy) is 1. The largest absolute Gasteiger partial charge is 0.452 e. The average molecular weight is 280 g/mol. The van der Waals surface area contributed by atoms with E-state index in [-0.39, 0.29) is 6.54 Å². The number of rotatable bonds is 6. The van der Waals surface area contributed by atoms with Gasteiger partial charge in [-0.25, -0.2) is 9.18 Å². The van der Waals surface area contributed by atoms with Crippen molar-refractivity contribution in [3.05, 3.63) is 41.7 Å². The van der Waals surface area contributed by atoms with E-state index in [1.165, 1.54) is 24.3 Å². The van der Waals surface area contributed by atoms with E-state index >= 15 is 0 Å². The molecule has 1 rings (SSSR count). The summed E-state index contributed by atoms with van der Waals surface area (Å²) in [6.07, 6.45) is 2.42. The van der Waals surface area contributed by atoms with E-state index in [4.69, 9.17) is 5.73 Å². The van der Waals surface area contributed by atoms with Crippen LogP contribution in [0.15, 0.2) is 30.3 Å². The Morgan fingerprint density at radius 1 is 1.35 bits per heavy atom. The topological polar surface area (TPSA) is 98.5 Å². The number of carbonyl (C=O) groups excluding carboxylic acids is 3. The molecule has 0 saturated carbocycles. The number of nitrogens with one attached hydrogen (secondary N) is 1. The minimum absolute atomic E-state index is 0.324. The monoisotopic (exact) mass is 280 g/mol. The molecule has 1 aromatic carbocycles. The first kappa shape index (κ1) is 15.4. The van der Waals surface area contributed by atoms with Crippen molar-refractivity contribution in [2.24, 2.45) is 5.73 Å². The third-order valence-electron chi connectivity index (χ3n) is 2.07. The molecule has 1 aromatic rings. The second-order valence-electron chi connectivity index (χ2n) is 3.74. The number of primary amides is 1. The van der Waals surface area contributed by atoms with Crippen LogP contribution >= 0.6 is 0 Å². The Labute approximate surface area is 114 Å². The highest BCUT2D eigenvalue weighted by Crippen LogP contribution is 2.05. The van der Waals surface area contributed by atoms with Crippen LogP contribution in [-0.2, 0) is 19.1 Å². The zero-order valence-corrected chi connectivity index (χ0v) is 10.5. The maximum atomic E-state index is 12.9. The van der Waals surface area contributed by atoms with E-state index in [9.17, 15) is 18.8 Å². The van der Waals surface area contributed by atoms with Crippen molar-refractivity contribution in [1.29, 1.82) is 0 Å². The van der Waals surface area contributed by atoms with E-state index in [1.807, 2.05) is 0 Å². The fraction of sp³-hybridized carbons (Fsp3) is 0.154. The Hall–Kier alpha value is -2.70. The van der Waals surface area contributed by atoms with Gasteiger partial charge >= 0.3 is 5.97 Å². The van der Waals surface area contributed by atoms with Gasteiger partial charge in [0.1, 0.15) is 5.82 Å². The molecular weight excluding hydrogens is 267 g/mol. The molecule has 2 amide bonds. The molecule has 6 nitrogen and oxygen atoms in total. The number of hydrogen-bond donors (Lipinski definition) is 2. The van der Waals surface area contributed by atoms with Crippen molar-refractivity contribution in [2.45, 2.75) is 0 Å². The summed E-state index contributed by atoms with van der Waals surface area (Å²) >= 11 is 0. The molecule has 0 aromatic heterocycles. The smallest absolute Gasteiger partial charge is 0.331 e. The summed E-state index contributed by atoms with van der Waals surface area (Å²) in [7, 11) is 0. The van der Waals surface area contributed by atoms with Crippen LogP contribution in [0, 0.1) is 5.82 Å². The van der Waals surface area contributed by atoms with Crippen LogP contribution in [0.25, 0.3) is 6.08 Å². The Morgan fingerprint density at radius 2 is 2.10 bits per heavy atom. The summed E-state index contributed by atoms with van der Waals surface area (Å²) in [5.74, 6) is -2.53. The second kappa shape index (κ2) is 7.67. The number of nitrogens with two attached hydrogens (primary N) is 1. The van der Waals surface area contributed by atoms with E-state index in [2.05, 4.69) is 10.1 Å². The molecule has 3 N–H and O–H groups in total. The Kier molecular flexibility index (Phi) is 5.89. The van der Waals surface area contributed by atoms with Gasteiger partial charge in [0, 0.05) is 6.08 Å². The van der Waals surface area contributed by atoms with Crippen LogP contribution in [0.4, 0.5) is 4.39 Å². The van der Waals surface area contributed by atoms with Crippen LogP contribution in [0.2, 0.25) is 0 Å². The van der Waals surface area contributed by atoms with Gasteiger partial charge in [-0.05, 0) is 23.8 Å². The van der Waals surface area contributed by atoms with Crippen LogP contribution < -0.4 is 11.1 Å². The van der Waals surface area contributed by atoms with Gasteiger partial charge in [0.15, 0.2) is 6.61 Å². The van der Waals surface area contributed by atoms with Crippen LogP contribution in [-0.4, -0.2) is 30.9 Å². The quantitative estimate of drug-likeness (QED) is 0.565. The first-order valence-electron chi connectivity index (χ1n) is 5.63. The molecule has 0 atom stereocenters. The summed E-state index contributed by atoms with van der Waals surface area (Å²) in [4.78, 5) is 32.8. The normalized spacial score (nSPS) is 10.2. The summed E-state index contributed by atoms with van der Waals surface area (Å²) in [6.45, 7) is -0.852. The lowest BCUT2D eigenvalue weighted by Gasteiger charge is -2.02. The van der Waals surface area contributed by atoms with Crippen molar-refractivity contribution < 1.29 is 23.5 Å². The van der Waals surface area contributed by atoms with Gasteiger partial charge in [0.2, 0.25) is 5.91 Å². The highest BCUT2D eigenvalue weighted by atomic mass is 19.1. The lowest BCUT2D eigenvalue weighted by atomic mass is 10.2. The van der Waals surface area contributed by atoms with Crippen LogP contribution in [0.5, 0.6) is 0 Å². The van der Waals surface area contributed by atoms with Gasteiger partial charge in [0.05, 0.1) is 6.54 Å². The lowest BCUT2D eigenvalue weighted by Crippen LogP contribution is -2.35. The maximum absolute atomic E-state index is 12.9. The number of esters is 1. The maximum Gasteiger partial charge on any atom is 0.331 e. The molecule has 0 fully saturated rings. The van der Waals surface area contributed by atoms with Crippen molar-refractivity contribution in [2.75, 3.05) is 13.2 Å². The van der Waals surface area contributed by atoms with Gasteiger partial charge in [-0.1, -0.05) is 12.1 Å². The molecule has 0 aliphatic carbocycles. The van der Waals surface area contributed by atoms with E-state index in [1.54, 1.807) is 6.07 Å². The van der Waals surface area contributed by atoms with E-state index < -0.39 is 30.2 Å². The molecule has 0 aliphatic heterocycles. The molecule has 0 saturated heterocycles. The van der Waals surface area contributed by atoms with Crippen molar-refractivity contribution >= 4 is 23.9 Å². The fourth-order valence-electron chi connectivity index (χ4n) is 1.20. The molecule has 0 spiro atoms. The summed E-state index contributed by atoms with van der Waals surface area (Å²) in [5, 5.41) is 2.15. The Balaban J connectivity index is 2.36. The third kappa shape index (κ3) is 6.29. The molecule has 106 valence electrons. The van der Waals surface area contributed by atoms with Gasteiger partial charge < -0.3 is 15.8 Å². The molecule has 0 heterocycles. The molecule has 7 heteroatoms. The number of hydrogen-bond acceptors (Lipinski definition) is 4. The minimum Gasteiger partial charge on any atom is -0.452 e. The zero-order chi connectivity index (χ0) is 15.0. The van der Waals surface area contributed by atoms with Gasteiger partial charge in [0.25, 0.3) is 5.91 Å². The highest BCUT2D eigenvalue weighted by Gasteiger charge is 2.05. The molecule has 0 aliphatic rings. The van der Waals surface area contributed by atoms with Crippen molar-refractivity contribution in [3.63, 3.8) is 0 Å². The van der Waals surface area contributed by atoms with E-state index in [0.717, 1.165) is 6.08 Å². The molecular formula is C13H13FN2O4. The predicted octanol–water partition coefficient (Wildman–Crippen LogP) is -0.0164. The molecule has 0 bridgehead atoms. The fourth-order valence-corrected chi connectivity index (χ4v) is 1.20. The van der Waals surface area contributed by atoms with Gasteiger partial charge in [-0.2, -0.15) is 0 Å².